The van der Waals surface area contributed by atoms with Gasteiger partial charge in [0.15, 0.2) is 0 Å². The Kier molecular flexibility index (Phi) is 6.03. The number of hydrogen-bond donors (Lipinski definition) is 0. The summed E-state index contributed by atoms with van der Waals surface area (Å²) in [7, 11) is 0. The zero-order valence-corrected chi connectivity index (χ0v) is 17.9. The van der Waals surface area contributed by atoms with E-state index < -0.39 is 0 Å². The van der Waals surface area contributed by atoms with Gasteiger partial charge in [-0.2, -0.15) is 0 Å². The van der Waals surface area contributed by atoms with Gasteiger partial charge in [-0.25, -0.2) is 0 Å². The molecule has 0 bridgehead atoms. The van der Waals surface area contributed by atoms with Gasteiger partial charge in [0.1, 0.15) is 34.5 Å². The van der Waals surface area contributed by atoms with E-state index in [4.69, 9.17) is 14.2 Å². The molecule has 0 aliphatic rings. The van der Waals surface area contributed by atoms with Crippen LogP contribution in [-0.2, 0) is 0 Å². The molecule has 0 aliphatic heterocycles. The van der Waals surface area contributed by atoms with Crippen LogP contribution < -0.4 is 14.2 Å². The molecule has 0 spiro atoms. The highest BCUT2D eigenvalue weighted by Gasteiger charge is 2.03. The van der Waals surface area contributed by atoms with Crippen LogP contribution in [0.3, 0.4) is 0 Å². The minimum Gasteiger partial charge on any atom is -0.457 e. The highest BCUT2D eigenvalue weighted by atomic mass is 16.5. The normalized spacial score (nSPS) is 10.4. The highest BCUT2D eigenvalue weighted by molar-refractivity contribution is 5.65. The molecule has 0 saturated heterocycles. The molecule has 0 aliphatic carbocycles. The van der Waals surface area contributed by atoms with Crippen molar-refractivity contribution in [1.29, 1.82) is 0 Å². The van der Waals surface area contributed by atoms with E-state index in [0.717, 1.165) is 45.6 Å². The van der Waals surface area contributed by atoms with Crippen LogP contribution in [0, 0.1) is 0 Å². The largest absolute Gasteiger partial charge is 0.457 e. The number of benzene rings is 5. The van der Waals surface area contributed by atoms with Crippen molar-refractivity contribution in [1.82, 2.24) is 0 Å². The predicted octanol–water partition coefficient (Wildman–Crippen LogP) is 8.73. The summed E-state index contributed by atoms with van der Waals surface area (Å²) in [6.45, 7) is 0. The minimum absolute atomic E-state index is 0.755. The second-order valence-corrected chi connectivity index (χ2v) is 7.45. The van der Waals surface area contributed by atoms with E-state index in [9.17, 15) is 0 Å². The molecule has 0 heterocycles. The topological polar surface area (TPSA) is 27.7 Å². The van der Waals surface area contributed by atoms with Gasteiger partial charge < -0.3 is 14.2 Å². The fourth-order valence-corrected chi connectivity index (χ4v) is 3.39. The van der Waals surface area contributed by atoms with Crippen LogP contribution in [0.4, 0.5) is 0 Å². The van der Waals surface area contributed by atoms with E-state index in [2.05, 4.69) is 24.3 Å². The third-order valence-electron chi connectivity index (χ3n) is 5.06. The van der Waals surface area contributed by atoms with Crippen molar-refractivity contribution in [2.45, 2.75) is 0 Å². The zero-order chi connectivity index (χ0) is 22.3. The first kappa shape index (κ1) is 20.4. The lowest BCUT2D eigenvalue weighted by atomic mass is 10.1. The van der Waals surface area contributed by atoms with Crippen molar-refractivity contribution in [3.63, 3.8) is 0 Å². The van der Waals surface area contributed by atoms with Crippen molar-refractivity contribution in [3.05, 3.63) is 133 Å². The Morgan fingerprint density at radius 3 is 0.788 bits per heavy atom. The first-order valence-electron chi connectivity index (χ1n) is 10.8. The van der Waals surface area contributed by atoms with Crippen LogP contribution in [0.15, 0.2) is 133 Å². The Labute approximate surface area is 193 Å². The molecular formula is C30H22O3. The van der Waals surface area contributed by atoms with Gasteiger partial charge in [-0.3, -0.25) is 0 Å². The Balaban J connectivity index is 1.20. The quantitative estimate of drug-likeness (QED) is 0.258. The Morgan fingerprint density at radius 1 is 0.242 bits per heavy atom. The molecule has 5 aromatic rings. The van der Waals surface area contributed by atoms with E-state index >= 15 is 0 Å². The molecule has 0 fully saturated rings. The van der Waals surface area contributed by atoms with Crippen molar-refractivity contribution in [2.24, 2.45) is 0 Å². The molecule has 160 valence electrons. The molecule has 0 aromatic heterocycles. The van der Waals surface area contributed by atoms with Gasteiger partial charge >= 0.3 is 0 Å². The predicted molar refractivity (Wildman–Crippen MR) is 131 cm³/mol. The summed E-state index contributed by atoms with van der Waals surface area (Å²) < 4.78 is 17.7. The summed E-state index contributed by atoms with van der Waals surface area (Å²) in [4.78, 5) is 0. The molecule has 0 radical (unpaired) electrons. The summed E-state index contributed by atoms with van der Waals surface area (Å²) in [5.41, 5.74) is 2.23. The van der Waals surface area contributed by atoms with Crippen LogP contribution in [0.2, 0.25) is 0 Å². The smallest absolute Gasteiger partial charge is 0.127 e. The van der Waals surface area contributed by atoms with Crippen molar-refractivity contribution in [2.75, 3.05) is 0 Å². The SMILES string of the molecule is c1ccc(Oc2ccc(Oc3ccc(-c4ccc(Oc5ccccc5)cc4)cc3)cc2)cc1. The lowest BCUT2D eigenvalue weighted by molar-refractivity contribution is 0.469. The maximum Gasteiger partial charge on any atom is 0.127 e. The van der Waals surface area contributed by atoms with Crippen molar-refractivity contribution < 1.29 is 14.2 Å². The van der Waals surface area contributed by atoms with E-state index in [1.54, 1.807) is 0 Å². The van der Waals surface area contributed by atoms with Gasteiger partial charge in [0.2, 0.25) is 0 Å². The Morgan fingerprint density at radius 2 is 0.485 bits per heavy atom. The highest BCUT2D eigenvalue weighted by Crippen LogP contribution is 2.30. The summed E-state index contributed by atoms with van der Waals surface area (Å²) in [6.07, 6.45) is 0. The second-order valence-electron chi connectivity index (χ2n) is 7.45. The van der Waals surface area contributed by atoms with Gasteiger partial charge in [0.25, 0.3) is 0 Å². The van der Waals surface area contributed by atoms with Crippen LogP contribution in [0.1, 0.15) is 0 Å². The molecule has 0 unspecified atom stereocenters. The molecule has 0 N–H and O–H groups in total. The standard InChI is InChI=1S/C30H22O3/c1-3-7-25(8-4-1)31-27-15-11-23(12-16-27)24-13-17-28(18-14-24)33-30-21-19-29(20-22-30)32-26-9-5-2-6-10-26/h1-22H. The summed E-state index contributed by atoms with van der Waals surface area (Å²) in [6, 6.07) is 43.2. The number of rotatable bonds is 7. The van der Waals surface area contributed by atoms with E-state index in [-0.39, 0.29) is 0 Å². The third kappa shape index (κ3) is 5.41. The monoisotopic (exact) mass is 430 g/mol. The summed E-state index contributed by atoms with van der Waals surface area (Å²) in [5, 5.41) is 0. The van der Waals surface area contributed by atoms with E-state index in [1.165, 1.54) is 0 Å². The van der Waals surface area contributed by atoms with Gasteiger partial charge in [0.05, 0.1) is 0 Å². The molecule has 3 nitrogen and oxygen atoms in total. The molecule has 5 aromatic carbocycles. The minimum atomic E-state index is 0.755. The molecule has 0 saturated carbocycles. The average molecular weight is 431 g/mol. The van der Waals surface area contributed by atoms with E-state index in [1.807, 2.05) is 109 Å². The fourth-order valence-electron chi connectivity index (χ4n) is 3.39. The average Bonchev–Trinajstić information content (AvgIpc) is 2.88. The van der Waals surface area contributed by atoms with Crippen LogP contribution in [0.25, 0.3) is 11.1 Å². The first-order chi connectivity index (χ1) is 16.3. The van der Waals surface area contributed by atoms with Gasteiger partial charge in [-0.05, 0) is 83.9 Å². The van der Waals surface area contributed by atoms with Gasteiger partial charge in [0, 0.05) is 0 Å². The van der Waals surface area contributed by atoms with Gasteiger partial charge in [-0.1, -0.05) is 60.7 Å². The number of para-hydroxylation sites is 2. The van der Waals surface area contributed by atoms with Crippen molar-refractivity contribution in [3.8, 4) is 45.6 Å². The number of hydrogen-bond acceptors (Lipinski definition) is 3. The van der Waals surface area contributed by atoms with Crippen molar-refractivity contribution >= 4 is 0 Å². The third-order valence-corrected chi connectivity index (χ3v) is 5.06. The lowest BCUT2D eigenvalue weighted by Crippen LogP contribution is -1.87. The fraction of sp³-hybridized carbons (Fsp3) is 0. The Hall–Kier alpha value is -4.50. The maximum atomic E-state index is 5.98. The summed E-state index contributed by atoms with van der Waals surface area (Å²) in [5.74, 6) is 4.74. The molecule has 0 atom stereocenters. The van der Waals surface area contributed by atoms with Crippen LogP contribution in [-0.4, -0.2) is 0 Å². The lowest BCUT2D eigenvalue weighted by Gasteiger charge is -2.10. The number of ether oxygens (including phenoxy) is 3. The zero-order valence-electron chi connectivity index (χ0n) is 17.9. The second kappa shape index (κ2) is 9.75. The van der Waals surface area contributed by atoms with E-state index in [0.29, 0.717) is 0 Å². The first-order valence-corrected chi connectivity index (χ1v) is 10.8. The molecule has 5 rings (SSSR count). The van der Waals surface area contributed by atoms with Crippen LogP contribution in [0.5, 0.6) is 34.5 Å². The van der Waals surface area contributed by atoms with Crippen LogP contribution >= 0.6 is 0 Å². The molecule has 33 heavy (non-hydrogen) atoms. The Bertz CT molecular complexity index is 1280. The summed E-state index contributed by atoms with van der Waals surface area (Å²) >= 11 is 0. The molecule has 0 amide bonds. The molecular weight excluding hydrogens is 408 g/mol. The van der Waals surface area contributed by atoms with Gasteiger partial charge in [-0.15, -0.1) is 0 Å². The molecule has 3 heteroatoms. The maximum absolute atomic E-state index is 5.98.